The van der Waals surface area contributed by atoms with E-state index in [1.54, 1.807) is 4.90 Å². The van der Waals surface area contributed by atoms with E-state index in [-0.39, 0.29) is 17.9 Å². The summed E-state index contributed by atoms with van der Waals surface area (Å²) >= 11 is 0. The van der Waals surface area contributed by atoms with Crippen molar-refractivity contribution in [3.63, 3.8) is 0 Å². The van der Waals surface area contributed by atoms with Crippen molar-refractivity contribution < 1.29 is 14.3 Å². The number of ether oxygens (including phenoxy) is 1. The van der Waals surface area contributed by atoms with Gasteiger partial charge in [0.15, 0.2) is 0 Å². The quantitative estimate of drug-likeness (QED) is 0.806. The number of hydrogen-bond acceptors (Lipinski definition) is 4. The van der Waals surface area contributed by atoms with Crippen LogP contribution < -0.4 is 5.32 Å². The third-order valence-electron chi connectivity index (χ3n) is 4.56. The summed E-state index contributed by atoms with van der Waals surface area (Å²) < 4.78 is 5.37. The maximum atomic E-state index is 12.3. The van der Waals surface area contributed by atoms with Crippen LogP contribution in [0.25, 0.3) is 0 Å². The van der Waals surface area contributed by atoms with Crippen molar-refractivity contribution in [3.8, 4) is 0 Å². The van der Waals surface area contributed by atoms with Gasteiger partial charge in [-0.3, -0.25) is 9.69 Å². The summed E-state index contributed by atoms with van der Waals surface area (Å²) in [7, 11) is 0. The van der Waals surface area contributed by atoms with E-state index in [0.717, 1.165) is 6.54 Å². The summed E-state index contributed by atoms with van der Waals surface area (Å²) in [6, 6.07) is 1.22. The van der Waals surface area contributed by atoms with Gasteiger partial charge in [-0.25, -0.2) is 4.79 Å². The highest BCUT2D eigenvalue weighted by molar-refractivity contribution is 5.80. The van der Waals surface area contributed by atoms with E-state index in [1.165, 1.54) is 12.8 Å². The van der Waals surface area contributed by atoms with Crippen LogP contribution in [0.2, 0.25) is 0 Å². The molecule has 1 aliphatic carbocycles. The summed E-state index contributed by atoms with van der Waals surface area (Å²) in [5, 5.41) is 3.04. The van der Waals surface area contributed by atoms with Crippen LogP contribution in [0.15, 0.2) is 0 Å². The van der Waals surface area contributed by atoms with Crippen LogP contribution in [0.4, 0.5) is 4.79 Å². The summed E-state index contributed by atoms with van der Waals surface area (Å²) in [4.78, 5) is 28.5. The number of hydrogen-bond donors (Lipinski definition) is 1. The average Bonchev–Trinajstić information content (AvgIpc) is 3.15. The predicted octanol–water partition coefficient (Wildman–Crippen LogP) is 2.23. The van der Waals surface area contributed by atoms with Crippen molar-refractivity contribution in [1.82, 2.24) is 15.1 Å². The van der Waals surface area contributed by atoms with Gasteiger partial charge in [0.2, 0.25) is 5.91 Å². The zero-order valence-corrected chi connectivity index (χ0v) is 15.8. The zero-order chi connectivity index (χ0) is 17.9. The van der Waals surface area contributed by atoms with Crippen LogP contribution in [0.1, 0.15) is 53.9 Å². The molecule has 1 N–H and O–H groups in total. The van der Waals surface area contributed by atoms with E-state index in [9.17, 15) is 9.59 Å². The molecule has 1 atom stereocenters. The molecule has 0 spiro atoms. The molecule has 2 rings (SSSR count). The number of nitrogens with zero attached hydrogens (tertiary/aromatic N) is 2. The first-order valence-electron chi connectivity index (χ1n) is 9.19. The fraction of sp³-hybridized carbons (Fsp3) is 0.889. The summed E-state index contributed by atoms with van der Waals surface area (Å²) in [5.41, 5.74) is -0.499. The highest BCUT2D eigenvalue weighted by Gasteiger charge is 2.34. The van der Waals surface area contributed by atoms with Gasteiger partial charge in [0, 0.05) is 38.3 Å². The molecule has 1 saturated heterocycles. The van der Waals surface area contributed by atoms with Crippen molar-refractivity contribution in [1.29, 1.82) is 0 Å². The van der Waals surface area contributed by atoms with E-state index >= 15 is 0 Å². The lowest BCUT2D eigenvalue weighted by molar-refractivity contribution is -0.124. The minimum Gasteiger partial charge on any atom is -0.444 e. The van der Waals surface area contributed by atoms with Gasteiger partial charge >= 0.3 is 6.09 Å². The zero-order valence-electron chi connectivity index (χ0n) is 15.8. The molecule has 6 heteroatoms. The van der Waals surface area contributed by atoms with Crippen molar-refractivity contribution in [2.24, 2.45) is 5.92 Å². The monoisotopic (exact) mass is 339 g/mol. The molecule has 0 aromatic heterocycles. The molecule has 1 heterocycles. The molecule has 24 heavy (non-hydrogen) atoms. The predicted molar refractivity (Wildman–Crippen MR) is 93.8 cm³/mol. The van der Waals surface area contributed by atoms with Crippen LogP contribution in [0.5, 0.6) is 0 Å². The number of likely N-dealkylation sites (tertiary alicyclic amines) is 1. The minimum absolute atomic E-state index is 0.0561. The van der Waals surface area contributed by atoms with E-state index in [2.05, 4.69) is 24.1 Å². The Morgan fingerprint density at radius 2 is 1.92 bits per heavy atom. The van der Waals surface area contributed by atoms with Gasteiger partial charge in [-0.2, -0.15) is 0 Å². The molecule has 2 fully saturated rings. The lowest BCUT2D eigenvalue weighted by atomic mass is 10.1. The lowest BCUT2D eigenvalue weighted by Crippen LogP contribution is -2.42. The number of amides is 2. The Labute approximate surface area is 145 Å². The topological polar surface area (TPSA) is 61.9 Å². The third kappa shape index (κ3) is 5.65. The second-order valence-corrected chi connectivity index (χ2v) is 8.27. The number of carbonyl (C=O) groups excluding carboxylic acids is 2. The minimum atomic E-state index is -0.499. The lowest BCUT2D eigenvalue weighted by Gasteiger charge is -2.26. The first-order chi connectivity index (χ1) is 11.2. The van der Waals surface area contributed by atoms with Crippen LogP contribution in [0, 0.1) is 5.92 Å². The fourth-order valence-corrected chi connectivity index (χ4v) is 3.19. The maximum Gasteiger partial charge on any atom is 0.410 e. The molecule has 1 saturated carbocycles. The maximum absolute atomic E-state index is 12.3. The highest BCUT2D eigenvalue weighted by atomic mass is 16.6. The molecular weight excluding hydrogens is 306 g/mol. The Morgan fingerprint density at radius 3 is 2.46 bits per heavy atom. The number of rotatable bonds is 6. The standard InChI is InChI=1S/C18H33N3O3/c1-13(2)21(15-6-7-15)11-9-19-16(22)14-8-10-20(12-14)17(23)24-18(3,4)5/h13-15H,6-12H2,1-5H3,(H,19,22). The van der Waals surface area contributed by atoms with Crippen molar-refractivity contribution >= 4 is 12.0 Å². The summed E-state index contributed by atoms with van der Waals surface area (Å²) in [6.45, 7) is 12.6. The highest BCUT2D eigenvalue weighted by Crippen LogP contribution is 2.28. The molecule has 0 radical (unpaired) electrons. The first kappa shape index (κ1) is 19.0. The van der Waals surface area contributed by atoms with Gasteiger partial charge in [-0.15, -0.1) is 0 Å². The SMILES string of the molecule is CC(C)N(CCNC(=O)C1CCN(C(=O)OC(C)(C)C)C1)C1CC1. The first-order valence-corrected chi connectivity index (χ1v) is 9.19. The van der Waals surface area contributed by atoms with Gasteiger partial charge in [0.25, 0.3) is 0 Å². The second-order valence-electron chi connectivity index (χ2n) is 8.27. The van der Waals surface area contributed by atoms with Gasteiger partial charge in [-0.05, 0) is 53.9 Å². The number of nitrogens with one attached hydrogen (secondary N) is 1. The molecule has 6 nitrogen and oxygen atoms in total. The van der Waals surface area contributed by atoms with Crippen LogP contribution in [-0.4, -0.2) is 65.7 Å². The van der Waals surface area contributed by atoms with Crippen LogP contribution in [0.3, 0.4) is 0 Å². The molecule has 2 amide bonds. The van der Waals surface area contributed by atoms with Crippen molar-refractivity contribution in [3.05, 3.63) is 0 Å². The van der Waals surface area contributed by atoms with Gasteiger partial charge in [-0.1, -0.05) is 0 Å². The Balaban J connectivity index is 1.71. The Bertz CT molecular complexity index is 453. The van der Waals surface area contributed by atoms with Crippen LogP contribution >= 0.6 is 0 Å². The van der Waals surface area contributed by atoms with Gasteiger partial charge < -0.3 is 15.0 Å². The Morgan fingerprint density at radius 1 is 1.25 bits per heavy atom. The molecule has 0 aromatic rings. The molecule has 0 aromatic carbocycles. The van der Waals surface area contributed by atoms with Crippen molar-refractivity contribution in [2.45, 2.75) is 71.6 Å². The molecule has 0 bridgehead atoms. The summed E-state index contributed by atoms with van der Waals surface area (Å²) in [5.74, 6) is -0.0634. The Kier molecular flexibility index (Phi) is 6.12. The summed E-state index contributed by atoms with van der Waals surface area (Å²) in [6.07, 6.45) is 2.94. The smallest absolute Gasteiger partial charge is 0.410 e. The van der Waals surface area contributed by atoms with E-state index in [0.29, 0.717) is 38.1 Å². The fourth-order valence-electron chi connectivity index (χ4n) is 3.19. The van der Waals surface area contributed by atoms with E-state index in [1.807, 2.05) is 20.8 Å². The van der Waals surface area contributed by atoms with E-state index < -0.39 is 5.60 Å². The largest absolute Gasteiger partial charge is 0.444 e. The second kappa shape index (κ2) is 7.72. The molecule has 138 valence electrons. The normalized spacial score (nSPS) is 21.5. The Hall–Kier alpha value is -1.30. The molecule has 2 aliphatic rings. The molecule has 1 unspecified atom stereocenters. The van der Waals surface area contributed by atoms with Crippen LogP contribution in [-0.2, 0) is 9.53 Å². The van der Waals surface area contributed by atoms with Crippen molar-refractivity contribution in [2.75, 3.05) is 26.2 Å². The average molecular weight is 339 g/mol. The van der Waals surface area contributed by atoms with Gasteiger partial charge in [0.1, 0.15) is 5.60 Å². The van der Waals surface area contributed by atoms with Gasteiger partial charge in [0.05, 0.1) is 5.92 Å². The molecular formula is C18H33N3O3. The van der Waals surface area contributed by atoms with E-state index in [4.69, 9.17) is 4.74 Å². The molecule has 1 aliphatic heterocycles. The third-order valence-corrected chi connectivity index (χ3v) is 4.56. The number of carbonyl (C=O) groups is 2.